The molecule has 0 saturated heterocycles. The molecule has 2 aliphatic rings. The monoisotopic (exact) mass is 374 g/mol. The van der Waals surface area contributed by atoms with Crippen molar-refractivity contribution < 1.29 is 14.0 Å². The number of anilines is 1. The third-order valence-corrected chi connectivity index (χ3v) is 6.39. The van der Waals surface area contributed by atoms with Crippen molar-refractivity contribution in [3.8, 4) is 0 Å². The van der Waals surface area contributed by atoms with Crippen molar-refractivity contribution in [2.75, 3.05) is 16.8 Å². The molecule has 4 nitrogen and oxygen atoms in total. The molecule has 2 heterocycles. The Kier molecular flexibility index (Phi) is 4.43. The Labute approximate surface area is 153 Å². The highest BCUT2D eigenvalue weighted by atomic mass is 32.2. The zero-order chi connectivity index (χ0) is 17.4. The fraction of sp³-hybridized carbons (Fsp3) is 0.222. The van der Waals surface area contributed by atoms with Crippen LogP contribution in [-0.2, 0) is 4.79 Å². The maximum absolute atomic E-state index is 13.6. The smallest absolute Gasteiger partial charge is 0.251 e. The zero-order valence-corrected chi connectivity index (χ0v) is 14.8. The molecule has 25 heavy (non-hydrogen) atoms. The fourth-order valence-corrected chi connectivity index (χ4v) is 4.88. The van der Waals surface area contributed by atoms with Gasteiger partial charge >= 0.3 is 0 Å². The minimum atomic E-state index is -0.297. The minimum absolute atomic E-state index is 0.0660. The highest BCUT2D eigenvalue weighted by Gasteiger charge is 2.24. The number of benzene rings is 2. The predicted molar refractivity (Wildman–Crippen MR) is 97.7 cm³/mol. The van der Waals surface area contributed by atoms with Crippen molar-refractivity contribution in [2.45, 2.75) is 22.3 Å². The number of amides is 2. The van der Waals surface area contributed by atoms with Gasteiger partial charge in [0.2, 0.25) is 5.91 Å². The van der Waals surface area contributed by atoms with Gasteiger partial charge in [-0.15, -0.1) is 23.5 Å². The van der Waals surface area contributed by atoms with Gasteiger partial charge in [-0.2, -0.15) is 0 Å². The maximum atomic E-state index is 13.6. The van der Waals surface area contributed by atoms with Crippen molar-refractivity contribution in [3.63, 3.8) is 0 Å². The summed E-state index contributed by atoms with van der Waals surface area (Å²) in [5, 5.41) is 5.79. The molecule has 2 aromatic carbocycles. The molecule has 2 aromatic rings. The van der Waals surface area contributed by atoms with Gasteiger partial charge in [-0.05, 0) is 48.4 Å². The van der Waals surface area contributed by atoms with Gasteiger partial charge in [0.25, 0.3) is 5.91 Å². The van der Waals surface area contributed by atoms with Crippen molar-refractivity contribution in [1.82, 2.24) is 5.32 Å². The van der Waals surface area contributed by atoms with Gasteiger partial charge in [0.1, 0.15) is 5.82 Å². The topological polar surface area (TPSA) is 58.2 Å². The minimum Gasteiger partial charge on any atom is -0.345 e. The second kappa shape index (κ2) is 6.72. The number of hydrogen-bond acceptors (Lipinski definition) is 4. The molecule has 0 aromatic heterocycles. The van der Waals surface area contributed by atoms with Gasteiger partial charge in [0, 0.05) is 21.1 Å². The van der Waals surface area contributed by atoms with Crippen molar-refractivity contribution in [1.29, 1.82) is 0 Å². The van der Waals surface area contributed by atoms with Gasteiger partial charge < -0.3 is 10.6 Å². The molecule has 2 amide bonds. The summed E-state index contributed by atoms with van der Waals surface area (Å²) >= 11 is 3.13. The predicted octanol–water partition coefficient (Wildman–Crippen LogP) is 3.84. The molecule has 2 N–H and O–H groups in total. The van der Waals surface area contributed by atoms with E-state index >= 15 is 0 Å². The second-order valence-corrected chi connectivity index (χ2v) is 8.05. The van der Waals surface area contributed by atoms with E-state index in [9.17, 15) is 14.0 Å². The average molecular weight is 374 g/mol. The number of carbonyl (C=O) groups is 2. The van der Waals surface area contributed by atoms with Gasteiger partial charge in [0.15, 0.2) is 0 Å². The normalized spacial score (nSPS) is 18.8. The second-order valence-electron chi connectivity index (χ2n) is 5.89. The number of fused-ring (bicyclic) bond motifs is 2. The van der Waals surface area contributed by atoms with Crippen molar-refractivity contribution >= 4 is 41.0 Å². The highest BCUT2D eigenvalue weighted by molar-refractivity contribution is 8.00. The van der Waals surface area contributed by atoms with E-state index in [0.29, 0.717) is 17.0 Å². The molecule has 0 bridgehead atoms. The van der Waals surface area contributed by atoms with E-state index in [1.807, 2.05) is 6.07 Å². The Morgan fingerprint density at radius 1 is 1.16 bits per heavy atom. The first-order valence-corrected chi connectivity index (χ1v) is 9.87. The molecule has 1 atom stereocenters. The lowest BCUT2D eigenvalue weighted by Gasteiger charge is -2.26. The van der Waals surface area contributed by atoms with Crippen LogP contribution in [0.5, 0.6) is 0 Å². The van der Waals surface area contributed by atoms with Crippen LogP contribution in [0.25, 0.3) is 0 Å². The highest BCUT2D eigenvalue weighted by Crippen LogP contribution is 2.37. The molecule has 128 valence electrons. The molecule has 4 rings (SSSR count). The van der Waals surface area contributed by atoms with Crippen molar-refractivity contribution in [3.05, 3.63) is 53.3 Å². The van der Waals surface area contributed by atoms with Crippen LogP contribution < -0.4 is 10.6 Å². The SMILES string of the molecule is O=C1CSc2ccc(C(=O)NC3CCSc4ccc(F)cc43)cc2N1. The molecule has 0 fully saturated rings. The van der Waals surface area contributed by atoms with E-state index in [2.05, 4.69) is 10.6 Å². The van der Waals surface area contributed by atoms with Crippen LogP contribution in [0.3, 0.4) is 0 Å². The van der Waals surface area contributed by atoms with E-state index < -0.39 is 0 Å². The van der Waals surface area contributed by atoms with Crippen LogP contribution in [0, 0.1) is 5.82 Å². The standard InChI is InChI=1S/C18H15FN2O2S2/c19-11-2-4-15-12(8-11)13(5-6-24-15)21-18(23)10-1-3-16-14(7-10)20-17(22)9-25-16/h1-4,7-8,13H,5-6,9H2,(H,20,22)(H,21,23). The van der Waals surface area contributed by atoms with Crippen LogP contribution in [0.4, 0.5) is 10.1 Å². The van der Waals surface area contributed by atoms with Crippen LogP contribution >= 0.6 is 23.5 Å². The summed E-state index contributed by atoms with van der Waals surface area (Å²) in [5.41, 5.74) is 1.98. The summed E-state index contributed by atoms with van der Waals surface area (Å²) in [4.78, 5) is 26.1. The first kappa shape index (κ1) is 16.5. The number of nitrogens with one attached hydrogen (secondary N) is 2. The average Bonchev–Trinajstić information content (AvgIpc) is 2.61. The molecular weight excluding hydrogens is 359 g/mol. The number of rotatable bonds is 2. The van der Waals surface area contributed by atoms with E-state index in [-0.39, 0.29) is 23.7 Å². The molecule has 1 unspecified atom stereocenters. The third-order valence-electron chi connectivity index (χ3n) is 4.19. The molecule has 0 spiro atoms. The summed E-state index contributed by atoms with van der Waals surface area (Å²) < 4.78 is 13.6. The summed E-state index contributed by atoms with van der Waals surface area (Å²) in [5.74, 6) is 0.679. The van der Waals surface area contributed by atoms with Crippen LogP contribution in [0.2, 0.25) is 0 Å². The quantitative estimate of drug-likeness (QED) is 0.839. The van der Waals surface area contributed by atoms with Gasteiger partial charge in [-0.3, -0.25) is 9.59 Å². The number of carbonyl (C=O) groups excluding carboxylic acids is 2. The Morgan fingerprint density at radius 2 is 2.00 bits per heavy atom. The molecule has 0 saturated carbocycles. The first-order chi connectivity index (χ1) is 12.1. The largest absolute Gasteiger partial charge is 0.345 e. The van der Waals surface area contributed by atoms with Gasteiger partial charge in [-0.1, -0.05) is 0 Å². The Hall–Kier alpha value is -1.99. The van der Waals surface area contributed by atoms with Gasteiger partial charge in [-0.25, -0.2) is 4.39 Å². The van der Waals surface area contributed by atoms with Crippen LogP contribution in [-0.4, -0.2) is 23.3 Å². The van der Waals surface area contributed by atoms with Crippen molar-refractivity contribution in [2.24, 2.45) is 0 Å². The van der Waals surface area contributed by atoms with Crippen LogP contribution in [0.1, 0.15) is 28.4 Å². The fourth-order valence-electron chi connectivity index (χ4n) is 2.98. The maximum Gasteiger partial charge on any atom is 0.251 e. The molecule has 0 aliphatic carbocycles. The number of halogens is 1. The summed E-state index contributed by atoms with van der Waals surface area (Å²) in [6.07, 6.45) is 0.754. The number of thioether (sulfide) groups is 2. The zero-order valence-electron chi connectivity index (χ0n) is 13.2. The van der Waals surface area contributed by atoms with Crippen LogP contribution in [0.15, 0.2) is 46.2 Å². The lowest BCUT2D eigenvalue weighted by molar-refractivity contribution is -0.113. The summed E-state index contributed by atoms with van der Waals surface area (Å²) in [6.45, 7) is 0. The number of hydrogen-bond donors (Lipinski definition) is 2. The molecular formula is C18H15FN2O2S2. The molecule has 0 radical (unpaired) electrons. The molecule has 2 aliphatic heterocycles. The summed E-state index contributed by atoms with van der Waals surface area (Å²) in [6, 6.07) is 9.79. The van der Waals surface area contributed by atoms with E-state index in [4.69, 9.17) is 0 Å². The molecule has 7 heteroatoms. The van der Waals surface area contributed by atoms with E-state index in [0.717, 1.165) is 27.5 Å². The lowest BCUT2D eigenvalue weighted by Crippen LogP contribution is -2.31. The van der Waals surface area contributed by atoms with E-state index in [1.165, 1.54) is 23.9 Å². The first-order valence-electron chi connectivity index (χ1n) is 7.90. The Bertz CT molecular complexity index is 872. The lowest BCUT2D eigenvalue weighted by atomic mass is 10.0. The third kappa shape index (κ3) is 3.39. The summed E-state index contributed by atoms with van der Waals surface area (Å²) in [7, 11) is 0. The Morgan fingerprint density at radius 3 is 2.88 bits per heavy atom. The van der Waals surface area contributed by atoms with Gasteiger partial charge in [0.05, 0.1) is 17.5 Å². The Balaban J connectivity index is 1.56. The van der Waals surface area contributed by atoms with E-state index in [1.54, 1.807) is 30.0 Å².